The minimum Gasteiger partial charge on any atom is -0.349 e. The number of likely N-dealkylation sites (tertiary alicyclic amines) is 1. The second kappa shape index (κ2) is 9.09. The Labute approximate surface area is 171 Å². The summed E-state index contributed by atoms with van der Waals surface area (Å²) < 4.78 is 0. The van der Waals surface area contributed by atoms with Gasteiger partial charge in [0.25, 0.3) is 0 Å². The largest absolute Gasteiger partial charge is 0.349 e. The van der Waals surface area contributed by atoms with E-state index < -0.39 is 0 Å². The molecule has 1 saturated heterocycles. The Kier molecular flexibility index (Phi) is 6.80. The van der Waals surface area contributed by atoms with Gasteiger partial charge in [0.15, 0.2) is 0 Å². The van der Waals surface area contributed by atoms with E-state index in [2.05, 4.69) is 41.4 Å². The molecule has 0 spiro atoms. The number of amides is 1. The molecule has 2 aromatic carbocycles. The topological polar surface area (TPSA) is 32.3 Å². The third-order valence-corrected chi connectivity index (χ3v) is 6.02. The average Bonchev–Trinajstić information content (AvgIpc) is 2.66. The quantitative estimate of drug-likeness (QED) is 0.723. The normalized spacial score (nSPS) is 16.9. The number of halogens is 2. The first-order chi connectivity index (χ1) is 12.9. The van der Waals surface area contributed by atoms with Crippen LogP contribution in [0.4, 0.5) is 0 Å². The number of rotatable bonds is 5. The van der Waals surface area contributed by atoms with E-state index in [0.29, 0.717) is 10.0 Å². The van der Waals surface area contributed by atoms with Crippen molar-refractivity contribution in [3.63, 3.8) is 0 Å². The molecule has 5 heteroatoms. The lowest BCUT2D eigenvalue weighted by molar-refractivity contribution is -0.127. The van der Waals surface area contributed by atoms with Crippen LogP contribution in [-0.4, -0.2) is 23.9 Å². The van der Waals surface area contributed by atoms with Crippen molar-refractivity contribution in [1.82, 2.24) is 10.2 Å². The van der Waals surface area contributed by atoms with E-state index >= 15 is 0 Å². The van der Waals surface area contributed by atoms with Crippen LogP contribution >= 0.6 is 23.2 Å². The third-order valence-electron chi connectivity index (χ3n) is 5.28. The summed E-state index contributed by atoms with van der Waals surface area (Å²) >= 11 is 12.1. The second-order valence-corrected chi connectivity index (χ2v) is 8.25. The zero-order chi connectivity index (χ0) is 19.4. The van der Waals surface area contributed by atoms with Crippen molar-refractivity contribution < 1.29 is 4.79 Å². The van der Waals surface area contributed by atoms with E-state index in [4.69, 9.17) is 23.2 Å². The summed E-state index contributed by atoms with van der Waals surface area (Å²) in [6, 6.07) is 14.1. The van der Waals surface area contributed by atoms with E-state index in [-0.39, 0.29) is 17.9 Å². The summed E-state index contributed by atoms with van der Waals surface area (Å²) in [7, 11) is 0. The fourth-order valence-electron chi connectivity index (χ4n) is 3.52. The van der Waals surface area contributed by atoms with E-state index in [1.54, 1.807) is 0 Å². The predicted octanol–water partition coefficient (Wildman–Crippen LogP) is 5.39. The van der Waals surface area contributed by atoms with Gasteiger partial charge in [0.2, 0.25) is 5.91 Å². The number of carbonyl (C=O) groups is 1. The fourth-order valence-corrected chi connectivity index (χ4v) is 3.84. The van der Waals surface area contributed by atoms with Crippen LogP contribution in [0.3, 0.4) is 0 Å². The van der Waals surface area contributed by atoms with Gasteiger partial charge in [-0.15, -0.1) is 0 Å². The molecule has 2 aromatic rings. The zero-order valence-electron chi connectivity index (χ0n) is 15.8. The Balaban J connectivity index is 1.48. The summed E-state index contributed by atoms with van der Waals surface area (Å²) in [4.78, 5) is 15.0. The molecule has 0 saturated carbocycles. The second-order valence-electron chi connectivity index (χ2n) is 7.44. The summed E-state index contributed by atoms with van der Waals surface area (Å²) in [5, 5.41) is 4.35. The number of nitrogens with zero attached hydrogens (tertiary/aromatic N) is 1. The highest BCUT2D eigenvalue weighted by atomic mass is 35.5. The Hall–Kier alpha value is -1.55. The van der Waals surface area contributed by atoms with Crippen LogP contribution in [0.1, 0.15) is 42.5 Å². The SMILES string of the molecule is Cc1ccc(C(C)NC(=O)C2CCN(Cc3ccc(Cl)c(Cl)c3)CC2)cc1. The van der Waals surface area contributed by atoms with Crippen LogP contribution in [0.5, 0.6) is 0 Å². The standard InChI is InChI=1S/C22H26Cl2N2O/c1-15-3-6-18(7-4-15)16(2)25-22(27)19-9-11-26(12-10-19)14-17-5-8-20(23)21(24)13-17/h3-8,13,16,19H,9-12,14H2,1-2H3,(H,25,27). The van der Waals surface area contributed by atoms with Gasteiger partial charge in [0, 0.05) is 12.5 Å². The van der Waals surface area contributed by atoms with Gasteiger partial charge >= 0.3 is 0 Å². The summed E-state index contributed by atoms with van der Waals surface area (Å²) in [6.07, 6.45) is 1.77. The molecular formula is C22H26Cl2N2O. The minimum absolute atomic E-state index is 0.0346. The minimum atomic E-state index is 0.0346. The lowest BCUT2D eigenvalue weighted by atomic mass is 9.94. The fraction of sp³-hybridized carbons (Fsp3) is 0.409. The first-order valence-corrected chi connectivity index (χ1v) is 10.2. The molecule has 0 aromatic heterocycles. The molecule has 1 amide bonds. The number of piperidine rings is 1. The number of benzene rings is 2. The molecule has 1 atom stereocenters. The van der Waals surface area contributed by atoms with Crippen molar-refractivity contribution in [1.29, 1.82) is 0 Å². The van der Waals surface area contributed by atoms with Crippen LogP contribution < -0.4 is 5.32 Å². The van der Waals surface area contributed by atoms with Gasteiger partial charge in [-0.2, -0.15) is 0 Å². The Bertz CT molecular complexity index is 783. The van der Waals surface area contributed by atoms with Crippen molar-refractivity contribution in [2.75, 3.05) is 13.1 Å². The predicted molar refractivity (Wildman–Crippen MR) is 112 cm³/mol. The highest BCUT2D eigenvalue weighted by Gasteiger charge is 2.26. The molecule has 1 unspecified atom stereocenters. The van der Waals surface area contributed by atoms with Crippen molar-refractivity contribution >= 4 is 29.1 Å². The molecule has 0 radical (unpaired) electrons. The molecule has 3 rings (SSSR count). The number of nitrogens with one attached hydrogen (secondary N) is 1. The molecule has 0 aliphatic carbocycles. The highest BCUT2D eigenvalue weighted by Crippen LogP contribution is 2.25. The summed E-state index contributed by atoms with van der Waals surface area (Å²) in [5.41, 5.74) is 3.53. The lowest BCUT2D eigenvalue weighted by Crippen LogP contribution is -2.40. The van der Waals surface area contributed by atoms with Crippen molar-refractivity contribution in [3.8, 4) is 0 Å². The molecule has 1 aliphatic rings. The maximum atomic E-state index is 12.6. The number of aryl methyl sites for hydroxylation is 1. The van der Waals surface area contributed by atoms with Crippen molar-refractivity contribution in [2.24, 2.45) is 5.92 Å². The number of hydrogen-bond acceptors (Lipinski definition) is 2. The number of hydrogen-bond donors (Lipinski definition) is 1. The van der Waals surface area contributed by atoms with E-state index in [9.17, 15) is 4.79 Å². The molecule has 1 fully saturated rings. The third kappa shape index (κ3) is 5.47. The molecule has 1 heterocycles. The first-order valence-electron chi connectivity index (χ1n) is 9.45. The molecule has 1 N–H and O–H groups in total. The monoisotopic (exact) mass is 404 g/mol. The molecular weight excluding hydrogens is 379 g/mol. The average molecular weight is 405 g/mol. The van der Waals surface area contributed by atoms with Crippen molar-refractivity contribution in [2.45, 2.75) is 39.3 Å². The first kappa shape index (κ1) is 20.2. The van der Waals surface area contributed by atoms with E-state index in [0.717, 1.165) is 43.6 Å². The van der Waals surface area contributed by atoms with Crippen LogP contribution in [0.15, 0.2) is 42.5 Å². The van der Waals surface area contributed by atoms with Gasteiger partial charge < -0.3 is 5.32 Å². The van der Waals surface area contributed by atoms with Gasteiger partial charge in [-0.1, -0.05) is 59.1 Å². The van der Waals surface area contributed by atoms with Gasteiger partial charge in [-0.25, -0.2) is 0 Å². The van der Waals surface area contributed by atoms with Crippen LogP contribution in [0, 0.1) is 12.8 Å². The van der Waals surface area contributed by atoms with Gasteiger partial charge in [0.1, 0.15) is 0 Å². The Morgan fingerprint density at radius 1 is 1.11 bits per heavy atom. The van der Waals surface area contributed by atoms with Crippen LogP contribution in [0.25, 0.3) is 0 Å². The Morgan fingerprint density at radius 2 is 1.78 bits per heavy atom. The maximum absolute atomic E-state index is 12.6. The maximum Gasteiger partial charge on any atom is 0.223 e. The number of carbonyl (C=O) groups excluding carboxylic acids is 1. The van der Waals surface area contributed by atoms with Gasteiger partial charge in [-0.3, -0.25) is 9.69 Å². The Morgan fingerprint density at radius 3 is 2.41 bits per heavy atom. The summed E-state index contributed by atoms with van der Waals surface area (Å²) in [5.74, 6) is 0.250. The molecule has 3 nitrogen and oxygen atoms in total. The smallest absolute Gasteiger partial charge is 0.223 e. The highest BCUT2D eigenvalue weighted by molar-refractivity contribution is 6.42. The summed E-state index contributed by atoms with van der Waals surface area (Å²) in [6.45, 7) is 6.78. The van der Waals surface area contributed by atoms with Crippen molar-refractivity contribution in [3.05, 3.63) is 69.2 Å². The van der Waals surface area contributed by atoms with E-state index in [1.807, 2.05) is 25.1 Å². The molecule has 144 valence electrons. The van der Waals surface area contributed by atoms with Crippen LogP contribution in [0.2, 0.25) is 10.0 Å². The lowest BCUT2D eigenvalue weighted by Gasteiger charge is -2.32. The molecule has 0 bridgehead atoms. The van der Waals surface area contributed by atoms with E-state index in [1.165, 1.54) is 5.56 Å². The van der Waals surface area contributed by atoms with Crippen LogP contribution in [-0.2, 0) is 11.3 Å². The molecule has 1 aliphatic heterocycles. The van der Waals surface area contributed by atoms with Gasteiger partial charge in [0.05, 0.1) is 16.1 Å². The molecule has 27 heavy (non-hydrogen) atoms. The zero-order valence-corrected chi connectivity index (χ0v) is 17.4. The van der Waals surface area contributed by atoms with Gasteiger partial charge in [-0.05, 0) is 63.0 Å².